The molecular formula is C14H12Br2N2O. The summed E-state index contributed by atoms with van der Waals surface area (Å²) >= 11 is 6.72. The Kier molecular flexibility index (Phi) is 4.61. The molecule has 0 saturated carbocycles. The molecule has 0 saturated heterocycles. The van der Waals surface area contributed by atoms with Gasteiger partial charge in [0.15, 0.2) is 0 Å². The second kappa shape index (κ2) is 6.21. The lowest BCUT2D eigenvalue weighted by atomic mass is 10.1. The highest BCUT2D eigenvalue weighted by atomic mass is 79.9. The Morgan fingerprint density at radius 3 is 2.63 bits per heavy atom. The maximum atomic E-state index is 12.1. The van der Waals surface area contributed by atoms with Crippen molar-refractivity contribution in [2.75, 3.05) is 5.73 Å². The summed E-state index contributed by atoms with van der Waals surface area (Å²) in [5.41, 5.74) is 7.87. The number of anilines is 1. The maximum absolute atomic E-state index is 12.1. The molecule has 98 valence electrons. The van der Waals surface area contributed by atoms with Gasteiger partial charge in [0.25, 0.3) is 5.91 Å². The summed E-state index contributed by atoms with van der Waals surface area (Å²) in [5.74, 6) is -0.154. The van der Waals surface area contributed by atoms with E-state index in [1.54, 1.807) is 18.2 Å². The first kappa shape index (κ1) is 14.1. The van der Waals surface area contributed by atoms with E-state index in [0.717, 1.165) is 10.0 Å². The van der Waals surface area contributed by atoms with Crippen LogP contribution in [0.15, 0.2) is 51.4 Å². The van der Waals surface area contributed by atoms with Crippen LogP contribution < -0.4 is 11.1 Å². The van der Waals surface area contributed by atoms with E-state index in [-0.39, 0.29) is 5.91 Å². The van der Waals surface area contributed by atoms with Crippen LogP contribution in [0.1, 0.15) is 15.9 Å². The Morgan fingerprint density at radius 2 is 1.89 bits per heavy atom. The second-order valence-corrected chi connectivity index (χ2v) is 5.73. The van der Waals surface area contributed by atoms with Gasteiger partial charge in [0.2, 0.25) is 0 Å². The van der Waals surface area contributed by atoms with Gasteiger partial charge in [-0.2, -0.15) is 0 Å². The molecule has 0 aliphatic rings. The van der Waals surface area contributed by atoms with Crippen molar-refractivity contribution in [3.8, 4) is 0 Å². The highest BCUT2D eigenvalue weighted by Gasteiger charge is 2.11. The molecule has 0 radical (unpaired) electrons. The van der Waals surface area contributed by atoms with E-state index in [4.69, 9.17) is 5.73 Å². The van der Waals surface area contributed by atoms with E-state index < -0.39 is 0 Å². The Morgan fingerprint density at radius 1 is 1.16 bits per heavy atom. The summed E-state index contributed by atoms with van der Waals surface area (Å²) < 4.78 is 1.62. The Labute approximate surface area is 128 Å². The average molecular weight is 384 g/mol. The number of rotatable bonds is 3. The topological polar surface area (TPSA) is 55.1 Å². The molecule has 1 amide bonds. The third-order valence-corrected chi connectivity index (χ3v) is 3.99. The van der Waals surface area contributed by atoms with Gasteiger partial charge < -0.3 is 11.1 Å². The van der Waals surface area contributed by atoms with Crippen LogP contribution >= 0.6 is 31.9 Å². The molecule has 0 fully saturated rings. The number of benzene rings is 2. The summed E-state index contributed by atoms with van der Waals surface area (Å²) in [4.78, 5) is 12.1. The fraction of sp³-hybridized carbons (Fsp3) is 0.0714. The molecule has 0 heterocycles. The SMILES string of the molecule is Nc1cccc(C(=O)NCc2cccc(Br)c2)c1Br. The summed E-state index contributed by atoms with van der Waals surface area (Å²) in [6.45, 7) is 0.472. The molecule has 0 unspecified atom stereocenters. The van der Waals surface area contributed by atoms with E-state index in [1.807, 2.05) is 24.3 Å². The fourth-order valence-corrected chi connectivity index (χ4v) is 2.54. The zero-order valence-corrected chi connectivity index (χ0v) is 13.2. The van der Waals surface area contributed by atoms with Crippen molar-refractivity contribution in [1.82, 2.24) is 5.32 Å². The number of carbonyl (C=O) groups is 1. The van der Waals surface area contributed by atoms with E-state index in [2.05, 4.69) is 37.2 Å². The van der Waals surface area contributed by atoms with Crippen molar-refractivity contribution in [3.63, 3.8) is 0 Å². The minimum atomic E-state index is -0.154. The third kappa shape index (κ3) is 3.58. The highest BCUT2D eigenvalue weighted by molar-refractivity contribution is 9.11. The summed E-state index contributed by atoms with van der Waals surface area (Å²) in [6.07, 6.45) is 0. The van der Waals surface area contributed by atoms with Crippen LogP contribution in [0.2, 0.25) is 0 Å². The normalized spacial score (nSPS) is 10.2. The lowest BCUT2D eigenvalue weighted by Crippen LogP contribution is -2.23. The number of carbonyl (C=O) groups excluding carboxylic acids is 1. The molecule has 5 heteroatoms. The predicted molar refractivity (Wildman–Crippen MR) is 83.9 cm³/mol. The van der Waals surface area contributed by atoms with Crippen LogP contribution in [0.25, 0.3) is 0 Å². The van der Waals surface area contributed by atoms with Crippen LogP contribution in [-0.2, 0) is 6.54 Å². The molecule has 0 aliphatic heterocycles. The second-order valence-electron chi connectivity index (χ2n) is 4.02. The molecule has 0 spiro atoms. The molecule has 3 N–H and O–H groups in total. The minimum absolute atomic E-state index is 0.154. The zero-order valence-electron chi connectivity index (χ0n) is 9.99. The van der Waals surface area contributed by atoms with Gasteiger partial charge in [-0.05, 0) is 45.8 Å². The molecule has 0 bridgehead atoms. The molecule has 3 nitrogen and oxygen atoms in total. The van der Waals surface area contributed by atoms with E-state index in [0.29, 0.717) is 22.3 Å². The van der Waals surface area contributed by atoms with Crippen molar-refractivity contribution in [2.45, 2.75) is 6.54 Å². The van der Waals surface area contributed by atoms with Gasteiger partial charge in [-0.15, -0.1) is 0 Å². The van der Waals surface area contributed by atoms with Gasteiger partial charge in [0.1, 0.15) is 0 Å². The number of nitrogens with one attached hydrogen (secondary N) is 1. The lowest BCUT2D eigenvalue weighted by Gasteiger charge is -2.08. The average Bonchev–Trinajstić information content (AvgIpc) is 2.39. The fourth-order valence-electron chi connectivity index (χ4n) is 1.65. The molecule has 0 aromatic heterocycles. The summed E-state index contributed by atoms with van der Waals surface area (Å²) in [7, 11) is 0. The van der Waals surface area contributed by atoms with Gasteiger partial charge in [0.05, 0.1) is 10.0 Å². The third-order valence-electron chi connectivity index (χ3n) is 2.62. The molecule has 0 aliphatic carbocycles. The van der Waals surface area contributed by atoms with Gasteiger partial charge >= 0.3 is 0 Å². The predicted octanol–water partition coefficient (Wildman–Crippen LogP) is 3.72. The van der Waals surface area contributed by atoms with Crippen molar-refractivity contribution < 1.29 is 4.79 Å². The van der Waals surface area contributed by atoms with E-state index in [9.17, 15) is 4.79 Å². The van der Waals surface area contributed by atoms with Crippen LogP contribution in [0.5, 0.6) is 0 Å². The Balaban J connectivity index is 2.08. The lowest BCUT2D eigenvalue weighted by molar-refractivity contribution is 0.0950. The number of nitrogens with two attached hydrogens (primary N) is 1. The number of hydrogen-bond acceptors (Lipinski definition) is 2. The van der Waals surface area contributed by atoms with Crippen molar-refractivity contribution in [3.05, 3.63) is 62.5 Å². The van der Waals surface area contributed by atoms with Crippen LogP contribution in [0, 0.1) is 0 Å². The minimum Gasteiger partial charge on any atom is -0.398 e. The van der Waals surface area contributed by atoms with Gasteiger partial charge in [0, 0.05) is 16.7 Å². The van der Waals surface area contributed by atoms with Gasteiger partial charge in [-0.1, -0.05) is 34.1 Å². The number of hydrogen-bond donors (Lipinski definition) is 2. The largest absolute Gasteiger partial charge is 0.398 e. The molecule has 2 aromatic carbocycles. The Bertz CT molecular complexity index is 614. The first-order valence-corrected chi connectivity index (χ1v) is 7.23. The monoisotopic (exact) mass is 382 g/mol. The van der Waals surface area contributed by atoms with Crippen LogP contribution in [0.4, 0.5) is 5.69 Å². The first-order valence-electron chi connectivity index (χ1n) is 5.64. The smallest absolute Gasteiger partial charge is 0.252 e. The van der Waals surface area contributed by atoms with E-state index in [1.165, 1.54) is 0 Å². The number of halogens is 2. The summed E-state index contributed by atoms with van der Waals surface area (Å²) in [5, 5.41) is 2.87. The quantitative estimate of drug-likeness (QED) is 0.793. The highest BCUT2D eigenvalue weighted by Crippen LogP contribution is 2.23. The maximum Gasteiger partial charge on any atom is 0.252 e. The number of amides is 1. The molecule has 19 heavy (non-hydrogen) atoms. The van der Waals surface area contributed by atoms with Crippen molar-refractivity contribution >= 4 is 43.5 Å². The van der Waals surface area contributed by atoms with Crippen molar-refractivity contribution in [1.29, 1.82) is 0 Å². The van der Waals surface area contributed by atoms with Gasteiger partial charge in [-0.25, -0.2) is 0 Å². The van der Waals surface area contributed by atoms with Crippen LogP contribution in [-0.4, -0.2) is 5.91 Å². The van der Waals surface area contributed by atoms with Crippen LogP contribution in [0.3, 0.4) is 0 Å². The van der Waals surface area contributed by atoms with Gasteiger partial charge in [-0.3, -0.25) is 4.79 Å². The first-order chi connectivity index (χ1) is 9.08. The molecule has 2 rings (SSSR count). The molecule has 0 atom stereocenters. The van der Waals surface area contributed by atoms with E-state index >= 15 is 0 Å². The molecular weight excluding hydrogens is 372 g/mol. The van der Waals surface area contributed by atoms with Crippen molar-refractivity contribution in [2.24, 2.45) is 0 Å². The standard InChI is InChI=1S/C14H12Br2N2O/c15-10-4-1-3-9(7-10)8-18-14(19)11-5-2-6-12(17)13(11)16/h1-7H,8,17H2,(H,18,19). The summed E-state index contributed by atoms with van der Waals surface area (Å²) in [6, 6.07) is 13.0. The Hall–Kier alpha value is -1.33. The number of nitrogen functional groups attached to an aromatic ring is 1. The zero-order chi connectivity index (χ0) is 13.8. The molecule has 2 aromatic rings.